The molecule has 2 heterocycles. The second-order valence-electron chi connectivity index (χ2n) is 3.33. The van der Waals surface area contributed by atoms with Gasteiger partial charge in [0.25, 0.3) is 0 Å². The van der Waals surface area contributed by atoms with Crippen molar-refractivity contribution in [2.45, 2.75) is 12.1 Å². The largest absolute Gasteiger partial charge is 0.397 e. The number of nitrogens with one attached hydrogen (secondary N) is 1. The van der Waals surface area contributed by atoms with Gasteiger partial charge in [-0.15, -0.1) is 0 Å². The molecule has 0 spiro atoms. The molecule has 0 aromatic carbocycles. The Kier molecular flexibility index (Phi) is 2.51. The van der Waals surface area contributed by atoms with Crippen LogP contribution in [0.25, 0.3) is 0 Å². The summed E-state index contributed by atoms with van der Waals surface area (Å²) >= 11 is 0. The van der Waals surface area contributed by atoms with Crippen molar-refractivity contribution in [3.05, 3.63) is 18.3 Å². The first-order valence-corrected chi connectivity index (χ1v) is 4.49. The summed E-state index contributed by atoms with van der Waals surface area (Å²) in [4.78, 5) is 4.07. The van der Waals surface area contributed by atoms with Gasteiger partial charge in [0.1, 0.15) is 5.82 Å². The number of pyridine rings is 1. The minimum absolute atomic E-state index is 0.0777. The van der Waals surface area contributed by atoms with E-state index >= 15 is 0 Å². The van der Waals surface area contributed by atoms with E-state index < -0.39 is 6.10 Å². The second kappa shape index (κ2) is 3.81. The molecule has 5 heteroatoms. The minimum atomic E-state index is -0.464. The number of nitrogen functional groups attached to an aromatic ring is 1. The van der Waals surface area contributed by atoms with Crippen molar-refractivity contribution in [3.63, 3.8) is 0 Å². The fourth-order valence-corrected chi connectivity index (χ4v) is 1.36. The molecular weight excluding hydrogens is 182 g/mol. The van der Waals surface area contributed by atoms with E-state index in [4.69, 9.17) is 10.5 Å². The summed E-state index contributed by atoms with van der Waals surface area (Å²) in [5, 5.41) is 12.5. The van der Waals surface area contributed by atoms with Crippen LogP contribution in [0.4, 0.5) is 11.5 Å². The molecule has 0 unspecified atom stereocenters. The zero-order chi connectivity index (χ0) is 9.97. The molecule has 2 atom stereocenters. The molecule has 0 radical (unpaired) electrons. The molecule has 5 nitrogen and oxygen atoms in total. The molecule has 1 aliphatic rings. The number of aliphatic hydroxyl groups is 1. The first-order valence-electron chi connectivity index (χ1n) is 4.49. The van der Waals surface area contributed by atoms with E-state index in [-0.39, 0.29) is 6.04 Å². The predicted octanol–water partition coefficient (Wildman–Crippen LogP) is -0.165. The van der Waals surface area contributed by atoms with Gasteiger partial charge in [-0.25, -0.2) is 4.98 Å². The van der Waals surface area contributed by atoms with Gasteiger partial charge in [0.05, 0.1) is 37.2 Å². The van der Waals surface area contributed by atoms with Crippen molar-refractivity contribution in [2.75, 3.05) is 24.3 Å². The number of rotatable bonds is 2. The molecule has 0 amide bonds. The van der Waals surface area contributed by atoms with Gasteiger partial charge in [-0.05, 0) is 12.1 Å². The summed E-state index contributed by atoms with van der Waals surface area (Å²) < 4.78 is 5.10. The van der Waals surface area contributed by atoms with Crippen LogP contribution in [-0.2, 0) is 4.74 Å². The first-order chi connectivity index (χ1) is 6.75. The number of nitrogens with two attached hydrogens (primary N) is 1. The van der Waals surface area contributed by atoms with Crippen molar-refractivity contribution in [1.29, 1.82) is 0 Å². The van der Waals surface area contributed by atoms with E-state index in [0.717, 1.165) is 0 Å². The Labute approximate surface area is 81.9 Å². The minimum Gasteiger partial charge on any atom is -0.397 e. The molecule has 0 saturated carbocycles. The highest BCUT2D eigenvalue weighted by Crippen LogP contribution is 2.12. The van der Waals surface area contributed by atoms with Crippen molar-refractivity contribution in [2.24, 2.45) is 0 Å². The lowest BCUT2D eigenvalue weighted by Gasteiger charge is -2.14. The zero-order valence-electron chi connectivity index (χ0n) is 7.68. The highest BCUT2D eigenvalue weighted by molar-refractivity contribution is 5.44. The van der Waals surface area contributed by atoms with E-state index in [0.29, 0.717) is 24.7 Å². The van der Waals surface area contributed by atoms with Crippen LogP contribution in [-0.4, -0.2) is 35.5 Å². The van der Waals surface area contributed by atoms with Crippen molar-refractivity contribution in [3.8, 4) is 0 Å². The maximum atomic E-state index is 9.46. The van der Waals surface area contributed by atoms with Crippen molar-refractivity contribution in [1.82, 2.24) is 4.98 Å². The number of aliphatic hydroxyl groups excluding tert-OH is 1. The van der Waals surface area contributed by atoms with E-state index in [1.54, 1.807) is 18.3 Å². The fourth-order valence-electron chi connectivity index (χ4n) is 1.36. The summed E-state index contributed by atoms with van der Waals surface area (Å²) in [7, 11) is 0. The van der Waals surface area contributed by atoms with Crippen LogP contribution in [0.5, 0.6) is 0 Å². The Morgan fingerprint density at radius 3 is 2.93 bits per heavy atom. The number of nitrogens with zero attached hydrogens (tertiary/aromatic N) is 1. The smallest absolute Gasteiger partial charge is 0.126 e. The van der Waals surface area contributed by atoms with Crippen LogP contribution in [0.3, 0.4) is 0 Å². The normalized spacial score (nSPS) is 26.4. The Morgan fingerprint density at radius 2 is 2.36 bits per heavy atom. The molecule has 1 aromatic heterocycles. The van der Waals surface area contributed by atoms with Gasteiger partial charge in [0.15, 0.2) is 0 Å². The third-order valence-corrected chi connectivity index (χ3v) is 2.17. The van der Waals surface area contributed by atoms with E-state index in [2.05, 4.69) is 10.3 Å². The first kappa shape index (κ1) is 9.23. The van der Waals surface area contributed by atoms with Crippen molar-refractivity contribution >= 4 is 11.5 Å². The lowest BCUT2D eigenvalue weighted by molar-refractivity contribution is 0.125. The fraction of sp³-hybridized carbons (Fsp3) is 0.444. The second-order valence-corrected chi connectivity index (χ2v) is 3.33. The molecule has 2 rings (SSSR count). The van der Waals surface area contributed by atoms with Gasteiger partial charge in [-0.3, -0.25) is 0 Å². The predicted molar refractivity (Wildman–Crippen MR) is 52.9 cm³/mol. The lowest BCUT2D eigenvalue weighted by Crippen LogP contribution is -2.32. The number of hydrogen-bond acceptors (Lipinski definition) is 5. The maximum absolute atomic E-state index is 9.46. The van der Waals surface area contributed by atoms with E-state index in [1.165, 1.54) is 0 Å². The number of hydrogen-bond donors (Lipinski definition) is 3. The maximum Gasteiger partial charge on any atom is 0.126 e. The van der Waals surface area contributed by atoms with Crippen LogP contribution < -0.4 is 11.1 Å². The SMILES string of the molecule is Nc1ccc(N[C@@H]2COC[C@H]2O)nc1. The van der Waals surface area contributed by atoms with Gasteiger partial charge in [-0.2, -0.15) is 0 Å². The Bertz CT molecular complexity index is 301. The van der Waals surface area contributed by atoms with Gasteiger partial charge in [0.2, 0.25) is 0 Å². The van der Waals surface area contributed by atoms with Crippen LogP contribution in [0.15, 0.2) is 18.3 Å². The van der Waals surface area contributed by atoms with Gasteiger partial charge < -0.3 is 20.9 Å². The molecule has 1 fully saturated rings. The van der Waals surface area contributed by atoms with Crippen LogP contribution in [0.1, 0.15) is 0 Å². The highest BCUT2D eigenvalue weighted by Gasteiger charge is 2.25. The van der Waals surface area contributed by atoms with Crippen LogP contribution in [0, 0.1) is 0 Å². The van der Waals surface area contributed by atoms with Crippen LogP contribution in [0.2, 0.25) is 0 Å². The Hall–Kier alpha value is -1.33. The third kappa shape index (κ3) is 1.94. The summed E-state index contributed by atoms with van der Waals surface area (Å²) in [5.41, 5.74) is 6.12. The quantitative estimate of drug-likeness (QED) is 0.610. The number of ether oxygens (including phenoxy) is 1. The summed E-state index contributed by atoms with van der Waals surface area (Å²) in [6, 6.07) is 3.46. The molecule has 1 saturated heterocycles. The topological polar surface area (TPSA) is 80.4 Å². The molecule has 0 aliphatic carbocycles. The Balaban J connectivity index is 2.00. The average Bonchev–Trinajstić information content (AvgIpc) is 2.56. The number of anilines is 2. The molecule has 1 aromatic rings. The third-order valence-electron chi connectivity index (χ3n) is 2.17. The molecular formula is C9H13N3O2. The van der Waals surface area contributed by atoms with Gasteiger partial charge in [-0.1, -0.05) is 0 Å². The van der Waals surface area contributed by atoms with Gasteiger partial charge in [0, 0.05) is 0 Å². The molecule has 4 N–H and O–H groups in total. The van der Waals surface area contributed by atoms with Crippen molar-refractivity contribution < 1.29 is 9.84 Å². The molecule has 14 heavy (non-hydrogen) atoms. The monoisotopic (exact) mass is 195 g/mol. The molecule has 76 valence electrons. The van der Waals surface area contributed by atoms with E-state index in [1.807, 2.05) is 0 Å². The summed E-state index contributed by atoms with van der Waals surface area (Å²) in [6.45, 7) is 0.889. The Morgan fingerprint density at radius 1 is 1.50 bits per heavy atom. The summed E-state index contributed by atoms with van der Waals surface area (Å²) in [6.07, 6.45) is 1.11. The van der Waals surface area contributed by atoms with Crippen LogP contribution >= 0.6 is 0 Å². The standard InChI is InChI=1S/C9H13N3O2/c10-6-1-2-9(11-3-6)12-7-4-14-5-8(7)13/h1-3,7-8,13H,4-5,10H2,(H,11,12)/t7-,8-/m1/s1. The van der Waals surface area contributed by atoms with E-state index in [9.17, 15) is 5.11 Å². The highest BCUT2D eigenvalue weighted by atomic mass is 16.5. The average molecular weight is 195 g/mol. The zero-order valence-corrected chi connectivity index (χ0v) is 7.68. The molecule has 0 bridgehead atoms. The molecule has 1 aliphatic heterocycles. The number of aromatic nitrogens is 1. The summed E-state index contributed by atoms with van der Waals surface area (Å²) in [5.74, 6) is 0.703. The van der Waals surface area contributed by atoms with Gasteiger partial charge >= 0.3 is 0 Å². The lowest BCUT2D eigenvalue weighted by atomic mass is 10.2.